The minimum absolute atomic E-state index is 0.00825. The molecule has 48 heavy (non-hydrogen) atoms. The molecule has 262 valence electrons. The molecule has 3 atom stereocenters. The number of thioether (sulfide) groups is 1. The molecule has 1 saturated carbocycles. The molecule has 0 saturated heterocycles. The molecule has 1 fully saturated rings. The zero-order chi connectivity index (χ0) is 36.4. The first-order chi connectivity index (χ1) is 22.3. The van der Waals surface area contributed by atoms with E-state index in [1.54, 1.807) is 46.8 Å². The van der Waals surface area contributed by atoms with Crippen LogP contribution in [0.5, 0.6) is 0 Å². The summed E-state index contributed by atoms with van der Waals surface area (Å²) in [6.07, 6.45) is -0.756. The molecule has 13 heteroatoms. The summed E-state index contributed by atoms with van der Waals surface area (Å²) in [5.41, 5.74) is 8.78. The SMILES string of the molecule is C=C/C=C\c1c(-c2nc(C)c([C@](C)(C(=C)S/C=C(\CC)C3CC3C(=O)O)C(=O)CC)c(N)n2)c(CC)n(CCC(F)(F)C(F)(F)F)c1C. The van der Waals surface area contributed by atoms with Crippen molar-refractivity contribution < 1.29 is 36.6 Å². The van der Waals surface area contributed by atoms with Crippen LogP contribution in [0, 0.1) is 25.7 Å². The number of hydrogen-bond donors (Lipinski definition) is 2. The second kappa shape index (κ2) is 14.8. The number of ketones is 1. The lowest BCUT2D eigenvalue weighted by molar-refractivity contribution is -0.285. The highest BCUT2D eigenvalue weighted by atomic mass is 32.2. The Morgan fingerprint density at radius 3 is 2.23 bits per heavy atom. The number of Topliss-reactive ketones (excluding diaryl/α,β-unsaturated/α-hetero) is 1. The molecule has 0 spiro atoms. The van der Waals surface area contributed by atoms with Crippen molar-refractivity contribution in [3.63, 3.8) is 0 Å². The Morgan fingerprint density at radius 2 is 1.75 bits per heavy atom. The summed E-state index contributed by atoms with van der Waals surface area (Å²) in [7, 11) is 0. The predicted octanol–water partition coefficient (Wildman–Crippen LogP) is 8.99. The standard InChI is InChI=1S/C35H43F5N4O3S/c1-9-13-14-23-20(6)44(16-15-34(36,37)35(38,39)40)26(11-3)28(23)31-42-19(5)29(30(41)43-31)33(8,27(45)12-4)21(7)48-18-22(10-2)24-17-25(24)32(46)47/h9,13-14,18,24-25H,1,7,10-12,15-17H2,2-6,8H3,(H,46,47)(H2,41,42,43)/b14-13-,22-18+/t24?,25?,33-/m1/s1. The molecule has 0 amide bonds. The van der Waals surface area contributed by atoms with Gasteiger partial charge >= 0.3 is 18.1 Å². The number of allylic oxidation sites excluding steroid dienone is 4. The smallest absolute Gasteiger partial charge is 0.453 e. The van der Waals surface area contributed by atoms with Gasteiger partial charge in [-0.15, -0.1) is 11.8 Å². The molecule has 7 nitrogen and oxygen atoms in total. The second-order valence-corrected chi connectivity index (χ2v) is 13.0. The molecule has 2 heterocycles. The third-order valence-electron chi connectivity index (χ3n) is 9.10. The van der Waals surface area contributed by atoms with E-state index in [1.807, 2.05) is 12.3 Å². The number of nitrogens with two attached hydrogens (primary N) is 1. The molecule has 0 aromatic carbocycles. The maximum absolute atomic E-state index is 14.0. The van der Waals surface area contributed by atoms with Gasteiger partial charge in [-0.05, 0) is 56.3 Å². The number of nitrogen functional groups attached to an aromatic ring is 1. The zero-order valence-electron chi connectivity index (χ0n) is 28.1. The van der Waals surface area contributed by atoms with Crippen LogP contribution in [0.4, 0.5) is 27.8 Å². The Morgan fingerprint density at radius 1 is 1.10 bits per heavy atom. The normalized spacial score (nSPS) is 18.2. The van der Waals surface area contributed by atoms with E-state index in [0.29, 0.717) is 51.5 Å². The Hall–Kier alpha value is -3.74. The number of carbonyl (C=O) groups excluding carboxylic acids is 1. The minimum atomic E-state index is -5.68. The van der Waals surface area contributed by atoms with Crippen molar-refractivity contribution in [2.24, 2.45) is 11.8 Å². The molecule has 1 aliphatic rings. The summed E-state index contributed by atoms with van der Waals surface area (Å²) >= 11 is 1.24. The number of aromatic nitrogens is 3. The predicted molar refractivity (Wildman–Crippen MR) is 181 cm³/mol. The fraction of sp³-hybridized carbons (Fsp3) is 0.486. The van der Waals surface area contributed by atoms with Crippen molar-refractivity contribution in [3.05, 3.63) is 69.4 Å². The molecule has 0 radical (unpaired) electrons. The fourth-order valence-corrected chi connectivity index (χ4v) is 7.28. The van der Waals surface area contributed by atoms with Gasteiger partial charge in [-0.25, -0.2) is 9.97 Å². The zero-order valence-corrected chi connectivity index (χ0v) is 28.9. The van der Waals surface area contributed by atoms with Crippen LogP contribution in [0.25, 0.3) is 17.5 Å². The molecule has 3 rings (SSSR count). The molecule has 2 aromatic rings. The Balaban J connectivity index is 2.16. The topological polar surface area (TPSA) is 111 Å². The largest absolute Gasteiger partial charge is 0.481 e. The summed E-state index contributed by atoms with van der Waals surface area (Å²) in [5.74, 6) is -6.28. The highest BCUT2D eigenvalue weighted by Gasteiger charge is 2.56. The number of carboxylic acid groups (broad SMARTS) is 1. The molecular formula is C35H43F5N4O3S. The van der Waals surface area contributed by atoms with E-state index >= 15 is 0 Å². The number of nitrogens with zero attached hydrogens (tertiary/aromatic N) is 3. The van der Waals surface area contributed by atoms with Crippen LogP contribution in [-0.2, 0) is 28.0 Å². The average molecular weight is 695 g/mol. The van der Waals surface area contributed by atoms with Crippen LogP contribution < -0.4 is 5.73 Å². The van der Waals surface area contributed by atoms with E-state index < -0.39 is 42.4 Å². The molecule has 2 aromatic heterocycles. The molecular weight excluding hydrogens is 651 g/mol. The third-order valence-corrected chi connectivity index (χ3v) is 10.2. The van der Waals surface area contributed by atoms with Gasteiger partial charge < -0.3 is 15.4 Å². The van der Waals surface area contributed by atoms with Gasteiger partial charge in [0.2, 0.25) is 0 Å². The lowest BCUT2D eigenvalue weighted by atomic mass is 9.76. The summed E-state index contributed by atoms with van der Waals surface area (Å²) < 4.78 is 68.4. The first-order valence-corrected chi connectivity index (χ1v) is 16.6. The third kappa shape index (κ3) is 7.45. The Kier molecular flexibility index (Phi) is 11.9. The van der Waals surface area contributed by atoms with Crippen LogP contribution in [0.15, 0.2) is 41.2 Å². The molecule has 0 bridgehead atoms. The number of carbonyl (C=O) groups is 2. The number of anilines is 1. The van der Waals surface area contributed by atoms with Gasteiger partial charge in [0.25, 0.3) is 0 Å². The molecule has 1 aliphatic carbocycles. The van der Waals surface area contributed by atoms with Gasteiger partial charge in [0.15, 0.2) is 5.82 Å². The van der Waals surface area contributed by atoms with Gasteiger partial charge in [0, 0.05) is 53.2 Å². The first kappa shape index (κ1) is 38.7. The van der Waals surface area contributed by atoms with E-state index in [-0.39, 0.29) is 36.2 Å². The highest BCUT2D eigenvalue weighted by molar-refractivity contribution is 8.05. The van der Waals surface area contributed by atoms with E-state index in [0.717, 1.165) is 5.57 Å². The van der Waals surface area contributed by atoms with Crippen LogP contribution >= 0.6 is 11.8 Å². The second-order valence-electron chi connectivity index (χ2n) is 12.0. The van der Waals surface area contributed by atoms with Crippen LogP contribution in [0.2, 0.25) is 0 Å². The van der Waals surface area contributed by atoms with Gasteiger partial charge in [-0.3, -0.25) is 9.59 Å². The number of rotatable bonds is 16. The van der Waals surface area contributed by atoms with Gasteiger partial charge in [-0.1, -0.05) is 57.7 Å². The number of carboxylic acids is 1. The van der Waals surface area contributed by atoms with Crippen molar-refractivity contribution >= 4 is 35.4 Å². The maximum Gasteiger partial charge on any atom is 0.453 e. The first-order valence-electron chi connectivity index (χ1n) is 15.7. The number of aliphatic carboxylic acids is 1. The minimum Gasteiger partial charge on any atom is -0.481 e. The number of alkyl halides is 5. The monoisotopic (exact) mass is 694 g/mol. The number of aryl methyl sites for hydroxylation is 1. The van der Waals surface area contributed by atoms with Gasteiger partial charge in [0.05, 0.1) is 11.3 Å². The average Bonchev–Trinajstić information content (AvgIpc) is 3.76. The fourth-order valence-electron chi connectivity index (χ4n) is 6.19. The van der Waals surface area contributed by atoms with E-state index in [4.69, 9.17) is 10.7 Å². The van der Waals surface area contributed by atoms with Crippen LogP contribution in [0.1, 0.15) is 81.6 Å². The number of halogens is 5. The summed E-state index contributed by atoms with van der Waals surface area (Å²) in [6.45, 7) is 17.7. The van der Waals surface area contributed by atoms with Crippen molar-refractivity contribution in [1.82, 2.24) is 14.5 Å². The van der Waals surface area contributed by atoms with E-state index in [9.17, 15) is 36.6 Å². The Bertz CT molecular complexity index is 1640. The summed E-state index contributed by atoms with van der Waals surface area (Å²) in [5, 5.41) is 11.2. The van der Waals surface area contributed by atoms with E-state index in [2.05, 4.69) is 18.1 Å². The van der Waals surface area contributed by atoms with Gasteiger partial charge in [-0.2, -0.15) is 22.0 Å². The van der Waals surface area contributed by atoms with Crippen LogP contribution in [0.3, 0.4) is 0 Å². The summed E-state index contributed by atoms with van der Waals surface area (Å²) in [6, 6.07) is 0. The lowest BCUT2D eigenvalue weighted by Gasteiger charge is -2.32. The van der Waals surface area contributed by atoms with Crippen LogP contribution in [-0.4, -0.2) is 43.5 Å². The van der Waals surface area contributed by atoms with Crippen molar-refractivity contribution in [3.8, 4) is 11.4 Å². The van der Waals surface area contributed by atoms with Gasteiger partial charge in [0.1, 0.15) is 11.6 Å². The molecule has 2 unspecified atom stereocenters. The molecule has 0 aliphatic heterocycles. The van der Waals surface area contributed by atoms with E-state index in [1.165, 1.54) is 22.4 Å². The maximum atomic E-state index is 14.0. The Labute approximate surface area is 282 Å². The molecule has 3 N–H and O–H groups in total. The summed E-state index contributed by atoms with van der Waals surface area (Å²) in [4.78, 5) is 34.9. The lowest BCUT2D eigenvalue weighted by Crippen LogP contribution is -2.37. The quantitative estimate of drug-likeness (QED) is 0.133. The van der Waals surface area contributed by atoms with Crippen molar-refractivity contribution in [1.29, 1.82) is 0 Å². The highest BCUT2D eigenvalue weighted by Crippen LogP contribution is 2.49. The van der Waals surface area contributed by atoms with Crippen molar-refractivity contribution in [2.45, 2.75) is 97.7 Å². The number of hydrogen-bond acceptors (Lipinski definition) is 6. The van der Waals surface area contributed by atoms with Crippen molar-refractivity contribution in [2.75, 3.05) is 5.73 Å².